The lowest BCUT2D eigenvalue weighted by Gasteiger charge is -2.19. The molecule has 0 saturated heterocycles. The summed E-state index contributed by atoms with van der Waals surface area (Å²) in [6.45, 7) is 3.30. The average molecular weight is 493 g/mol. The van der Waals surface area contributed by atoms with Crippen LogP contribution >= 0.6 is 24.0 Å². The quantitative estimate of drug-likeness (QED) is 0.323. The van der Waals surface area contributed by atoms with Gasteiger partial charge in [0.2, 0.25) is 0 Å². The van der Waals surface area contributed by atoms with Gasteiger partial charge in [-0.15, -0.1) is 24.0 Å². The second kappa shape index (κ2) is 8.46. The minimum atomic E-state index is -0.125. The highest BCUT2D eigenvalue weighted by molar-refractivity contribution is 14.0. The molecule has 1 fully saturated rings. The minimum absolute atomic E-state index is 0. The summed E-state index contributed by atoms with van der Waals surface area (Å²) in [6, 6.07) is 13.1. The number of aliphatic imine (C=N–C) groups is 1. The van der Waals surface area contributed by atoms with Crippen LogP contribution in [-0.2, 0) is 12.0 Å². The van der Waals surface area contributed by atoms with E-state index in [2.05, 4.69) is 38.0 Å². The number of hydrogen-bond donors (Lipinski definition) is 2. The van der Waals surface area contributed by atoms with Gasteiger partial charge < -0.3 is 15.0 Å². The summed E-state index contributed by atoms with van der Waals surface area (Å²) in [7, 11) is 1.74. The maximum atomic E-state index is 14.2. The van der Waals surface area contributed by atoms with Crippen molar-refractivity contribution in [1.82, 2.24) is 20.0 Å². The summed E-state index contributed by atoms with van der Waals surface area (Å²) in [6.07, 6.45) is 4.01. The Hall–Kier alpha value is -2.16. The molecular formula is C21H25FIN5. The molecular weight excluding hydrogens is 468 g/mol. The number of aryl methyl sites for hydroxylation is 1. The Kier molecular flexibility index (Phi) is 6.22. The lowest BCUT2D eigenvalue weighted by molar-refractivity contribution is 0.559. The number of fused-ring (bicyclic) bond motifs is 1. The highest BCUT2D eigenvalue weighted by Gasteiger charge is 2.45. The first-order valence-electron chi connectivity index (χ1n) is 9.24. The molecule has 148 valence electrons. The molecule has 1 saturated carbocycles. The summed E-state index contributed by atoms with van der Waals surface area (Å²) in [5, 5.41) is 6.65. The highest BCUT2D eigenvalue weighted by Crippen LogP contribution is 2.48. The van der Waals surface area contributed by atoms with Crippen LogP contribution in [0.3, 0.4) is 0 Å². The maximum absolute atomic E-state index is 14.2. The van der Waals surface area contributed by atoms with Gasteiger partial charge >= 0.3 is 0 Å². The predicted octanol–water partition coefficient (Wildman–Crippen LogP) is 3.80. The smallest absolute Gasteiger partial charge is 0.191 e. The van der Waals surface area contributed by atoms with Crippen molar-refractivity contribution in [3.8, 4) is 0 Å². The summed E-state index contributed by atoms with van der Waals surface area (Å²) >= 11 is 0. The molecule has 28 heavy (non-hydrogen) atoms. The number of aromatic nitrogens is 2. The van der Waals surface area contributed by atoms with Gasteiger partial charge in [-0.2, -0.15) is 0 Å². The van der Waals surface area contributed by atoms with Crippen molar-refractivity contribution in [3.63, 3.8) is 0 Å². The summed E-state index contributed by atoms with van der Waals surface area (Å²) in [4.78, 5) is 8.92. The molecule has 0 aliphatic heterocycles. The van der Waals surface area contributed by atoms with E-state index in [0.717, 1.165) is 35.4 Å². The Morgan fingerprint density at radius 1 is 1.18 bits per heavy atom. The number of pyridine rings is 1. The van der Waals surface area contributed by atoms with Crippen LogP contribution in [-0.4, -0.2) is 28.9 Å². The zero-order valence-electron chi connectivity index (χ0n) is 16.1. The fourth-order valence-electron chi connectivity index (χ4n) is 3.52. The predicted molar refractivity (Wildman–Crippen MR) is 121 cm³/mol. The van der Waals surface area contributed by atoms with Crippen molar-refractivity contribution < 1.29 is 4.39 Å². The first-order chi connectivity index (χ1) is 13.1. The number of nitrogens with zero attached hydrogens (tertiary/aromatic N) is 3. The van der Waals surface area contributed by atoms with Gasteiger partial charge in [0.1, 0.15) is 11.5 Å². The molecule has 0 spiro atoms. The van der Waals surface area contributed by atoms with Crippen molar-refractivity contribution in [1.29, 1.82) is 0 Å². The molecule has 3 aromatic rings. The minimum Gasteiger partial charge on any atom is -0.356 e. The van der Waals surface area contributed by atoms with Gasteiger partial charge in [0, 0.05) is 30.9 Å². The molecule has 4 rings (SSSR count). The first kappa shape index (κ1) is 20.6. The number of nitrogens with one attached hydrogen (secondary N) is 2. The van der Waals surface area contributed by atoms with Crippen LogP contribution in [0.1, 0.15) is 29.8 Å². The molecule has 0 amide bonds. The van der Waals surface area contributed by atoms with Gasteiger partial charge in [-0.05, 0) is 43.5 Å². The van der Waals surface area contributed by atoms with Crippen molar-refractivity contribution in [2.75, 3.05) is 13.6 Å². The van der Waals surface area contributed by atoms with E-state index >= 15 is 0 Å². The highest BCUT2D eigenvalue weighted by atomic mass is 127. The molecule has 7 heteroatoms. The van der Waals surface area contributed by atoms with Gasteiger partial charge in [-0.1, -0.05) is 24.3 Å². The van der Waals surface area contributed by atoms with Crippen LogP contribution in [0.2, 0.25) is 0 Å². The van der Waals surface area contributed by atoms with Gasteiger partial charge in [0.15, 0.2) is 5.96 Å². The van der Waals surface area contributed by atoms with Gasteiger partial charge in [-0.3, -0.25) is 4.99 Å². The monoisotopic (exact) mass is 493 g/mol. The molecule has 0 atom stereocenters. The SMILES string of the molecule is CN=C(NCc1cn2c(C)cccc2n1)NCC1(c2ccccc2F)CC1.I. The van der Waals surface area contributed by atoms with Crippen molar-refractivity contribution >= 4 is 35.6 Å². The van der Waals surface area contributed by atoms with E-state index < -0.39 is 0 Å². The lowest BCUT2D eigenvalue weighted by Crippen LogP contribution is -2.41. The van der Waals surface area contributed by atoms with Crippen LogP contribution in [0.4, 0.5) is 4.39 Å². The van der Waals surface area contributed by atoms with E-state index in [-0.39, 0.29) is 35.2 Å². The summed E-state index contributed by atoms with van der Waals surface area (Å²) in [5.74, 6) is 0.575. The Morgan fingerprint density at radius 3 is 2.64 bits per heavy atom. The molecule has 1 aliphatic carbocycles. The topological polar surface area (TPSA) is 53.7 Å². The van der Waals surface area contributed by atoms with E-state index in [1.807, 2.05) is 30.5 Å². The van der Waals surface area contributed by atoms with Crippen LogP contribution in [0.5, 0.6) is 0 Å². The largest absolute Gasteiger partial charge is 0.356 e. The van der Waals surface area contributed by atoms with Crippen LogP contribution in [0.15, 0.2) is 53.7 Å². The molecule has 5 nitrogen and oxygen atoms in total. The normalized spacial score (nSPS) is 15.2. The summed E-state index contributed by atoms with van der Waals surface area (Å²) < 4.78 is 16.2. The molecule has 2 aromatic heterocycles. The Morgan fingerprint density at radius 2 is 1.96 bits per heavy atom. The van der Waals surface area contributed by atoms with E-state index in [1.54, 1.807) is 13.1 Å². The first-order valence-corrected chi connectivity index (χ1v) is 9.24. The van der Waals surface area contributed by atoms with E-state index in [1.165, 1.54) is 6.07 Å². The Labute approximate surface area is 181 Å². The molecule has 2 N–H and O–H groups in total. The van der Waals surface area contributed by atoms with Gasteiger partial charge in [-0.25, -0.2) is 9.37 Å². The number of benzene rings is 1. The number of halogens is 2. The van der Waals surface area contributed by atoms with Crippen molar-refractivity contribution in [3.05, 3.63) is 71.4 Å². The fraction of sp³-hybridized carbons (Fsp3) is 0.333. The fourth-order valence-corrected chi connectivity index (χ4v) is 3.52. The Bertz CT molecular complexity index is 993. The van der Waals surface area contributed by atoms with Crippen LogP contribution in [0.25, 0.3) is 5.65 Å². The maximum Gasteiger partial charge on any atom is 0.191 e. The number of rotatable bonds is 5. The summed E-state index contributed by atoms with van der Waals surface area (Å²) in [5.41, 5.74) is 3.70. The third kappa shape index (κ3) is 4.14. The number of imidazole rings is 1. The van der Waals surface area contributed by atoms with Gasteiger partial charge in [0.25, 0.3) is 0 Å². The van der Waals surface area contributed by atoms with Gasteiger partial charge in [0.05, 0.1) is 12.2 Å². The second-order valence-corrected chi connectivity index (χ2v) is 7.17. The lowest BCUT2D eigenvalue weighted by atomic mass is 9.95. The third-order valence-electron chi connectivity index (χ3n) is 5.30. The standard InChI is InChI=1S/C21H24FN5.HI/c1-15-6-5-9-19-26-16(13-27(15)19)12-24-20(23-2)25-14-21(10-11-21)17-7-3-4-8-18(17)22;/h3-9,13H,10-12,14H2,1-2H3,(H2,23,24,25);1H. The number of hydrogen-bond acceptors (Lipinski definition) is 2. The molecule has 0 unspecified atom stereocenters. The van der Waals surface area contributed by atoms with E-state index in [9.17, 15) is 4.39 Å². The second-order valence-electron chi connectivity index (χ2n) is 7.17. The number of guanidine groups is 1. The molecule has 0 radical (unpaired) electrons. The zero-order chi connectivity index (χ0) is 18.9. The zero-order valence-corrected chi connectivity index (χ0v) is 18.4. The third-order valence-corrected chi connectivity index (χ3v) is 5.30. The molecule has 1 aromatic carbocycles. The van der Waals surface area contributed by atoms with E-state index in [0.29, 0.717) is 19.0 Å². The van der Waals surface area contributed by atoms with Crippen molar-refractivity contribution in [2.24, 2.45) is 4.99 Å². The average Bonchev–Trinajstić information content (AvgIpc) is 3.33. The molecule has 0 bridgehead atoms. The van der Waals surface area contributed by atoms with Crippen LogP contribution in [0, 0.1) is 12.7 Å². The molecule has 1 aliphatic rings. The van der Waals surface area contributed by atoms with Crippen molar-refractivity contribution in [2.45, 2.75) is 31.7 Å². The molecule has 2 heterocycles. The van der Waals surface area contributed by atoms with E-state index in [4.69, 9.17) is 0 Å². The van der Waals surface area contributed by atoms with Crippen LogP contribution < -0.4 is 10.6 Å². The Balaban J connectivity index is 0.00000225.